The maximum Gasteiger partial charge on any atom is 0.271 e. The van der Waals surface area contributed by atoms with Crippen LogP contribution in [0.1, 0.15) is 24.0 Å². The van der Waals surface area contributed by atoms with Crippen LogP contribution < -0.4 is 15.8 Å². The first kappa shape index (κ1) is 21.1. The summed E-state index contributed by atoms with van der Waals surface area (Å²) in [6, 6.07) is 16.2. The standard InChI is InChI=1S/C24H25ClN4O2/c1-16-6-3-10-21(17(16)2)26-24(31)18-7-5-13-28(15-18)22-11-12-23(30)29(27-22)20-9-4-8-19(25)14-20/h3-4,6,8-12,14,18H,5,7,13,15H2,1-2H3,(H,26,31)/t18-/m0/s1. The van der Waals surface area contributed by atoms with Gasteiger partial charge in [0, 0.05) is 29.9 Å². The van der Waals surface area contributed by atoms with Crippen LogP contribution in [0.5, 0.6) is 0 Å². The highest BCUT2D eigenvalue weighted by molar-refractivity contribution is 6.30. The Balaban J connectivity index is 1.53. The SMILES string of the molecule is Cc1cccc(NC(=O)[C@H]2CCCN(c3ccc(=O)n(-c4cccc(Cl)c4)n3)C2)c1C. The highest BCUT2D eigenvalue weighted by Gasteiger charge is 2.27. The number of piperidine rings is 1. The lowest BCUT2D eigenvalue weighted by molar-refractivity contribution is -0.120. The molecular formula is C24H25ClN4O2. The number of aryl methyl sites for hydroxylation is 1. The molecule has 1 aliphatic rings. The minimum atomic E-state index is -0.229. The molecule has 6 nitrogen and oxygen atoms in total. The molecule has 1 N–H and O–H groups in total. The maximum absolute atomic E-state index is 13.0. The number of aromatic nitrogens is 2. The summed E-state index contributed by atoms with van der Waals surface area (Å²) >= 11 is 6.08. The van der Waals surface area contributed by atoms with E-state index >= 15 is 0 Å². The molecule has 0 radical (unpaired) electrons. The fraction of sp³-hybridized carbons (Fsp3) is 0.292. The van der Waals surface area contributed by atoms with Crippen LogP contribution in [-0.2, 0) is 4.79 Å². The molecule has 1 aromatic heterocycles. The van der Waals surface area contributed by atoms with Crippen molar-refractivity contribution in [2.75, 3.05) is 23.3 Å². The predicted molar refractivity (Wildman–Crippen MR) is 124 cm³/mol. The van der Waals surface area contributed by atoms with Gasteiger partial charge in [-0.25, -0.2) is 0 Å². The Bertz CT molecular complexity index is 1170. The Kier molecular flexibility index (Phi) is 6.09. The number of carbonyl (C=O) groups excluding carboxylic acids is 1. The number of nitrogens with zero attached hydrogens (tertiary/aromatic N) is 3. The van der Waals surface area contributed by atoms with E-state index in [2.05, 4.69) is 15.3 Å². The molecule has 31 heavy (non-hydrogen) atoms. The third-order valence-electron chi connectivity index (χ3n) is 5.82. The minimum Gasteiger partial charge on any atom is -0.354 e. The van der Waals surface area contributed by atoms with E-state index in [0.29, 0.717) is 23.1 Å². The quantitative estimate of drug-likeness (QED) is 0.660. The monoisotopic (exact) mass is 436 g/mol. The average molecular weight is 437 g/mol. The van der Waals surface area contributed by atoms with Crippen molar-refractivity contribution < 1.29 is 4.79 Å². The second-order valence-corrected chi connectivity index (χ2v) is 8.38. The molecular weight excluding hydrogens is 412 g/mol. The molecule has 0 unspecified atom stereocenters. The van der Waals surface area contributed by atoms with E-state index in [9.17, 15) is 9.59 Å². The molecule has 2 heterocycles. The lowest BCUT2D eigenvalue weighted by atomic mass is 9.96. The lowest BCUT2D eigenvalue weighted by Crippen LogP contribution is -2.42. The molecule has 1 amide bonds. The van der Waals surface area contributed by atoms with Gasteiger partial charge in [-0.2, -0.15) is 4.68 Å². The maximum atomic E-state index is 13.0. The van der Waals surface area contributed by atoms with Gasteiger partial charge in [0.15, 0.2) is 0 Å². The van der Waals surface area contributed by atoms with Crippen molar-refractivity contribution in [2.24, 2.45) is 5.92 Å². The van der Waals surface area contributed by atoms with Crippen LogP contribution in [0.3, 0.4) is 0 Å². The summed E-state index contributed by atoms with van der Waals surface area (Å²) in [5.74, 6) is 0.535. The first-order chi connectivity index (χ1) is 14.9. The minimum absolute atomic E-state index is 0.0153. The van der Waals surface area contributed by atoms with Crippen molar-refractivity contribution in [1.82, 2.24) is 9.78 Å². The number of nitrogens with one attached hydrogen (secondary N) is 1. The van der Waals surface area contributed by atoms with Gasteiger partial charge in [0.05, 0.1) is 11.6 Å². The zero-order chi connectivity index (χ0) is 22.0. The molecule has 1 fully saturated rings. The van der Waals surface area contributed by atoms with E-state index < -0.39 is 0 Å². The van der Waals surface area contributed by atoms with Crippen molar-refractivity contribution in [1.29, 1.82) is 0 Å². The smallest absolute Gasteiger partial charge is 0.271 e. The van der Waals surface area contributed by atoms with Crippen molar-refractivity contribution >= 4 is 29.0 Å². The Hall–Kier alpha value is -3.12. The molecule has 0 bridgehead atoms. The fourth-order valence-corrected chi connectivity index (χ4v) is 4.07. The second kappa shape index (κ2) is 8.94. The Morgan fingerprint density at radius 1 is 1.13 bits per heavy atom. The molecule has 2 aromatic carbocycles. The highest BCUT2D eigenvalue weighted by Crippen LogP contribution is 2.24. The van der Waals surface area contributed by atoms with Crippen LogP contribution >= 0.6 is 11.6 Å². The van der Waals surface area contributed by atoms with Gasteiger partial charge in [-0.15, -0.1) is 5.10 Å². The molecule has 1 atom stereocenters. The van der Waals surface area contributed by atoms with Crippen LogP contribution in [0.25, 0.3) is 5.69 Å². The fourth-order valence-electron chi connectivity index (χ4n) is 3.88. The average Bonchev–Trinajstić information content (AvgIpc) is 2.77. The summed E-state index contributed by atoms with van der Waals surface area (Å²) in [4.78, 5) is 27.4. The summed E-state index contributed by atoms with van der Waals surface area (Å²) in [6.45, 7) is 5.39. The van der Waals surface area contributed by atoms with Crippen LogP contribution in [0.2, 0.25) is 5.02 Å². The van der Waals surface area contributed by atoms with E-state index in [1.54, 1.807) is 30.3 Å². The summed E-state index contributed by atoms with van der Waals surface area (Å²) < 4.78 is 1.35. The molecule has 1 aliphatic heterocycles. The zero-order valence-electron chi connectivity index (χ0n) is 17.6. The third-order valence-corrected chi connectivity index (χ3v) is 6.05. The Morgan fingerprint density at radius 3 is 2.74 bits per heavy atom. The number of benzene rings is 2. The molecule has 3 aromatic rings. The van der Waals surface area contributed by atoms with Gasteiger partial charge in [-0.05, 0) is 68.1 Å². The van der Waals surface area contributed by atoms with E-state index in [1.807, 2.05) is 32.0 Å². The summed E-state index contributed by atoms with van der Waals surface area (Å²) in [7, 11) is 0. The number of hydrogen-bond donors (Lipinski definition) is 1. The predicted octanol–water partition coefficient (Wildman–Crippen LogP) is 4.36. The Morgan fingerprint density at radius 2 is 1.94 bits per heavy atom. The molecule has 0 spiro atoms. The number of carbonyl (C=O) groups is 1. The van der Waals surface area contributed by atoms with E-state index in [-0.39, 0.29) is 17.4 Å². The van der Waals surface area contributed by atoms with Gasteiger partial charge in [0.1, 0.15) is 5.82 Å². The largest absolute Gasteiger partial charge is 0.354 e. The summed E-state index contributed by atoms with van der Waals surface area (Å²) in [5.41, 5.74) is 3.47. The number of anilines is 2. The van der Waals surface area contributed by atoms with Crippen LogP contribution in [-0.4, -0.2) is 28.8 Å². The topological polar surface area (TPSA) is 67.2 Å². The zero-order valence-corrected chi connectivity index (χ0v) is 18.4. The number of amides is 1. The Labute approximate surface area is 186 Å². The normalized spacial score (nSPS) is 16.2. The van der Waals surface area contributed by atoms with E-state index in [4.69, 9.17) is 11.6 Å². The van der Waals surface area contributed by atoms with Crippen LogP contribution in [0.4, 0.5) is 11.5 Å². The second-order valence-electron chi connectivity index (χ2n) is 7.94. The number of halogens is 1. The molecule has 4 rings (SSSR count). The number of hydrogen-bond acceptors (Lipinski definition) is 4. The van der Waals surface area contributed by atoms with Crippen LogP contribution in [0, 0.1) is 19.8 Å². The van der Waals surface area contributed by atoms with Crippen molar-refractivity contribution in [3.8, 4) is 5.69 Å². The van der Waals surface area contributed by atoms with Crippen molar-refractivity contribution in [2.45, 2.75) is 26.7 Å². The van der Waals surface area contributed by atoms with Crippen LogP contribution in [0.15, 0.2) is 59.4 Å². The van der Waals surface area contributed by atoms with Gasteiger partial charge >= 0.3 is 0 Å². The number of rotatable bonds is 4. The summed E-state index contributed by atoms with van der Waals surface area (Å²) in [6.07, 6.45) is 1.70. The van der Waals surface area contributed by atoms with Gasteiger partial charge in [0.25, 0.3) is 5.56 Å². The molecule has 1 saturated heterocycles. The lowest BCUT2D eigenvalue weighted by Gasteiger charge is -2.33. The van der Waals surface area contributed by atoms with Gasteiger partial charge < -0.3 is 10.2 Å². The van der Waals surface area contributed by atoms with Crippen molar-refractivity contribution in [3.05, 3.63) is 81.1 Å². The third kappa shape index (κ3) is 4.64. The van der Waals surface area contributed by atoms with Gasteiger partial charge in [-0.1, -0.05) is 29.8 Å². The van der Waals surface area contributed by atoms with Gasteiger partial charge in [-0.3, -0.25) is 9.59 Å². The molecule has 0 aliphatic carbocycles. The summed E-state index contributed by atoms with van der Waals surface area (Å²) in [5, 5.41) is 8.18. The van der Waals surface area contributed by atoms with E-state index in [0.717, 1.165) is 36.2 Å². The van der Waals surface area contributed by atoms with Gasteiger partial charge in [0.2, 0.25) is 5.91 Å². The molecule has 7 heteroatoms. The van der Waals surface area contributed by atoms with E-state index in [1.165, 1.54) is 10.7 Å². The highest BCUT2D eigenvalue weighted by atomic mass is 35.5. The molecule has 0 saturated carbocycles. The molecule has 160 valence electrons. The van der Waals surface area contributed by atoms with Crippen molar-refractivity contribution in [3.63, 3.8) is 0 Å². The first-order valence-corrected chi connectivity index (χ1v) is 10.8. The first-order valence-electron chi connectivity index (χ1n) is 10.4.